The molecule has 31 heavy (non-hydrogen) atoms. The first-order chi connectivity index (χ1) is 14.9. The molecule has 0 saturated carbocycles. The number of fused-ring (bicyclic) bond motifs is 1. The molecule has 2 aromatic carbocycles. The third-order valence-corrected chi connectivity index (χ3v) is 5.08. The van der Waals surface area contributed by atoms with Crippen LogP contribution in [0.15, 0.2) is 48.5 Å². The summed E-state index contributed by atoms with van der Waals surface area (Å²) < 4.78 is 0. The smallest absolute Gasteiger partial charge is 0.261 e. The molecule has 0 unspecified atom stereocenters. The van der Waals surface area contributed by atoms with Crippen molar-refractivity contribution in [3.05, 3.63) is 71.0 Å². The summed E-state index contributed by atoms with van der Waals surface area (Å²) in [4.78, 5) is 39.4. The molecule has 0 fully saturated rings. The van der Waals surface area contributed by atoms with Gasteiger partial charge in [0, 0.05) is 18.7 Å². The summed E-state index contributed by atoms with van der Waals surface area (Å²) in [5, 5.41) is 14.8. The molecule has 1 aliphatic rings. The lowest BCUT2D eigenvalue weighted by atomic mass is 10.0. The third-order valence-electron chi connectivity index (χ3n) is 5.08. The quantitative estimate of drug-likeness (QED) is 0.590. The number of anilines is 1. The highest BCUT2D eigenvalue weighted by atomic mass is 16.2. The number of aromatic nitrogens is 4. The maximum absolute atomic E-state index is 12.4. The lowest BCUT2D eigenvalue weighted by Gasteiger charge is -2.11. The van der Waals surface area contributed by atoms with Gasteiger partial charge < -0.3 is 5.32 Å². The van der Waals surface area contributed by atoms with Gasteiger partial charge in [0.2, 0.25) is 5.91 Å². The normalized spacial score (nSPS) is 13.1. The highest BCUT2D eigenvalue weighted by molar-refractivity contribution is 6.21. The van der Waals surface area contributed by atoms with Crippen LogP contribution in [-0.4, -0.2) is 49.4 Å². The van der Waals surface area contributed by atoms with E-state index in [9.17, 15) is 14.4 Å². The maximum Gasteiger partial charge on any atom is 0.261 e. The first-order valence-corrected chi connectivity index (χ1v) is 10.0. The van der Waals surface area contributed by atoms with Gasteiger partial charge in [0.25, 0.3) is 11.8 Å². The summed E-state index contributed by atoms with van der Waals surface area (Å²) in [5.74, 6) is -0.151. The molecule has 0 aliphatic carbocycles. The lowest BCUT2D eigenvalue weighted by molar-refractivity contribution is -0.117. The number of nitrogens with one attached hydrogen (secondary N) is 1. The largest absolute Gasteiger partial charge is 0.324 e. The average molecular weight is 418 g/mol. The Morgan fingerprint density at radius 1 is 1.00 bits per heavy atom. The number of carbonyl (C=O) groups is 3. The van der Waals surface area contributed by atoms with Crippen LogP contribution in [0.5, 0.6) is 0 Å². The Balaban J connectivity index is 1.31. The van der Waals surface area contributed by atoms with E-state index in [-0.39, 0.29) is 37.2 Å². The van der Waals surface area contributed by atoms with Gasteiger partial charge in [-0.05, 0) is 41.0 Å². The SMILES string of the molecule is CC(C)c1ccc(NC(=O)Cn2nnc(CCN3C(=O)c4ccccc4C3=O)n2)cc1. The lowest BCUT2D eigenvalue weighted by Crippen LogP contribution is -2.32. The Kier molecular flexibility index (Phi) is 5.57. The minimum atomic E-state index is -0.323. The molecule has 9 heteroatoms. The van der Waals surface area contributed by atoms with E-state index in [0.717, 1.165) is 0 Å². The molecule has 0 spiro atoms. The molecule has 3 aromatic rings. The van der Waals surface area contributed by atoms with Crippen molar-refractivity contribution in [3.8, 4) is 0 Å². The molecule has 1 aliphatic heterocycles. The maximum atomic E-state index is 12.4. The molecule has 4 rings (SSSR count). The number of carbonyl (C=O) groups excluding carboxylic acids is 3. The van der Waals surface area contributed by atoms with E-state index in [1.54, 1.807) is 24.3 Å². The molecule has 1 N–H and O–H groups in total. The highest BCUT2D eigenvalue weighted by Crippen LogP contribution is 2.22. The summed E-state index contributed by atoms with van der Waals surface area (Å²) in [6.45, 7) is 4.27. The molecule has 0 bridgehead atoms. The zero-order valence-electron chi connectivity index (χ0n) is 17.3. The molecule has 0 saturated heterocycles. The molecule has 1 aromatic heterocycles. The second kappa shape index (κ2) is 8.47. The van der Waals surface area contributed by atoms with E-state index in [2.05, 4.69) is 34.6 Å². The molecule has 0 radical (unpaired) electrons. The summed E-state index contributed by atoms with van der Waals surface area (Å²) in [6.07, 6.45) is 0.254. The number of hydrogen-bond donors (Lipinski definition) is 1. The number of imide groups is 1. The Morgan fingerprint density at radius 2 is 1.65 bits per heavy atom. The third kappa shape index (κ3) is 4.35. The molecule has 9 nitrogen and oxygen atoms in total. The van der Waals surface area contributed by atoms with Crippen molar-refractivity contribution in [3.63, 3.8) is 0 Å². The van der Waals surface area contributed by atoms with Crippen molar-refractivity contribution in [1.82, 2.24) is 25.1 Å². The van der Waals surface area contributed by atoms with E-state index < -0.39 is 0 Å². The Hall–Kier alpha value is -3.88. The topological polar surface area (TPSA) is 110 Å². The van der Waals surface area contributed by atoms with Crippen LogP contribution in [0.4, 0.5) is 5.69 Å². The van der Waals surface area contributed by atoms with Crippen LogP contribution in [0.25, 0.3) is 0 Å². The molecule has 158 valence electrons. The zero-order chi connectivity index (χ0) is 22.0. The Labute approximate surface area is 179 Å². The fourth-order valence-corrected chi connectivity index (χ4v) is 3.38. The molecule has 2 heterocycles. The number of rotatable bonds is 7. The molecular formula is C22H22N6O3. The van der Waals surface area contributed by atoms with Crippen molar-refractivity contribution in [2.24, 2.45) is 0 Å². The number of benzene rings is 2. The van der Waals surface area contributed by atoms with Crippen molar-refractivity contribution in [2.45, 2.75) is 32.7 Å². The number of amides is 3. The Morgan fingerprint density at radius 3 is 2.26 bits per heavy atom. The molecule has 0 atom stereocenters. The summed E-state index contributed by atoms with van der Waals surface area (Å²) in [6, 6.07) is 14.4. The molecule has 3 amide bonds. The van der Waals surface area contributed by atoms with Crippen molar-refractivity contribution >= 4 is 23.4 Å². The second-order valence-corrected chi connectivity index (χ2v) is 7.62. The average Bonchev–Trinajstić information content (AvgIpc) is 3.29. The van der Waals surface area contributed by atoms with Gasteiger partial charge in [-0.25, -0.2) is 0 Å². The fourth-order valence-electron chi connectivity index (χ4n) is 3.38. The predicted octanol–water partition coefficient (Wildman–Crippen LogP) is 2.27. The van der Waals surface area contributed by atoms with E-state index in [1.807, 2.05) is 24.3 Å². The summed E-state index contributed by atoms with van der Waals surface area (Å²) in [5.41, 5.74) is 2.70. The van der Waals surface area contributed by atoms with Crippen LogP contribution in [0.2, 0.25) is 0 Å². The first-order valence-electron chi connectivity index (χ1n) is 10.0. The van der Waals surface area contributed by atoms with Crippen molar-refractivity contribution in [2.75, 3.05) is 11.9 Å². The van der Waals surface area contributed by atoms with Gasteiger partial charge in [0.05, 0.1) is 11.1 Å². The standard InChI is InChI=1S/C22H22N6O3/c1-14(2)15-7-9-16(10-8-15)23-20(29)13-28-25-19(24-26-28)11-12-27-21(30)17-5-3-4-6-18(17)22(27)31/h3-10,14H,11-13H2,1-2H3,(H,23,29). The van der Waals surface area contributed by atoms with Crippen LogP contribution in [0.1, 0.15) is 51.9 Å². The van der Waals surface area contributed by atoms with Crippen LogP contribution in [0.3, 0.4) is 0 Å². The van der Waals surface area contributed by atoms with Gasteiger partial charge in [-0.3, -0.25) is 19.3 Å². The summed E-state index contributed by atoms with van der Waals surface area (Å²) >= 11 is 0. The van der Waals surface area contributed by atoms with E-state index in [1.165, 1.54) is 15.3 Å². The number of nitrogens with zero attached hydrogens (tertiary/aromatic N) is 5. The van der Waals surface area contributed by atoms with Gasteiger partial charge in [-0.15, -0.1) is 10.2 Å². The van der Waals surface area contributed by atoms with Gasteiger partial charge in [-0.1, -0.05) is 38.1 Å². The molecular weight excluding hydrogens is 396 g/mol. The van der Waals surface area contributed by atoms with Gasteiger partial charge in [0.15, 0.2) is 5.82 Å². The minimum absolute atomic E-state index is 0.0913. The van der Waals surface area contributed by atoms with Crippen LogP contribution >= 0.6 is 0 Å². The zero-order valence-corrected chi connectivity index (χ0v) is 17.3. The van der Waals surface area contributed by atoms with Crippen LogP contribution < -0.4 is 5.32 Å². The van der Waals surface area contributed by atoms with E-state index in [0.29, 0.717) is 28.6 Å². The van der Waals surface area contributed by atoms with Gasteiger partial charge in [-0.2, -0.15) is 4.80 Å². The van der Waals surface area contributed by atoms with E-state index in [4.69, 9.17) is 0 Å². The second-order valence-electron chi connectivity index (χ2n) is 7.62. The van der Waals surface area contributed by atoms with Crippen LogP contribution in [-0.2, 0) is 17.8 Å². The Bertz CT molecular complexity index is 1100. The van der Waals surface area contributed by atoms with Crippen molar-refractivity contribution in [1.29, 1.82) is 0 Å². The fraction of sp³-hybridized carbons (Fsp3) is 0.273. The monoisotopic (exact) mass is 418 g/mol. The number of tetrazole rings is 1. The highest BCUT2D eigenvalue weighted by Gasteiger charge is 2.34. The summed E-state index contributed by atoms with van der Waals surface area (Å²) in [7, 11) is 0. The number of hydrogen-bond acceptors (Lipinski definition) is 6. The van der Waals surface area contributed by atoms with Crippen molar-refractivity contribution < 1.29 is 14.4 Å². The van der Waals surface area contributed by atoms with E-state index >= 15 is 0 Å². The first kappa shape index (κ1) is 20.4. The van der Waals surface area contributed by atoms with Gasteiger partial charge >= 0.3 is 0 Å². The minimum Gasteiger partial charge on any atom is -0.324 e. The van der Waals surface area contributed by atoms with Gasteiger partial charge in [0.1, 0.15) is 6.54 Å². The predicted molar refractivity (Wildman–Crippen MR) is 112 cm³/mol. The van der Waals surface area contributed by atoms with Crippen LogP contribution in [0, 0.1) is 0 Å².